The topological polar surface area (TPSA) is 56.3 Å². The van der Waals surface area contributed by atoms with Gasteiger partial charge in [-0.1, -0.05) is 0 Å². The molecule has 0 aliphatic carbocycles. The third kappa shape index (κ3) is 4.73. The summed E-state index contributed by atoms with van der Waals surface area (Å²) in [7, 11) is 1.67. The van der Waals surface area contributed by atoms with Crippen molar-refractivity contribution in [3.05, 3.63) is 23.8 Å². The minimum atomic E-state index is 0.165. The zero-order valence-electron chi connectivity index (χ0n) is 17.4. The molecule has 1 aromatic carbocycles. The van der Waals surface area contributed by atoms with Gasteiger partial charge < -0.3 is 14.5 Å². The predicted octanol–water partition coefficient (Wildman–Crippen LogP) is 1.21. The second kappa shape index (κ2) is 9.13. The van der Waals surface area contributed by atoms with Crippen LogP contribution in [0, 0.1) is 0 Å². The summed E-state index contributed by atoms with van der Waals surface area (Å²) in [6, 6.07) is 5.98. The van der Waals surface area contributed by atoms with Crippen LogP contribution in [0.15, 0.2) is 18.2 Å². The van der Waals surface area contributed by atoms with Gasteiger partial charge in [0.05, 0.1) is 20.2 Å². The number of nitrogens with zero attached hydrogens (tertiary/aromatic N) is 4. The van der Waals surface area contributed by atoms with Gasteiger partial charge in [-0.15, -0.1) is 0 Å². The van der Waals surface area contributed by atoms with E-state index in [4.69, 9.17) is 4.74 Å². The molecule has 3 aliphatic heterocycles. The molecule has 0 saturated carbocycles. The Labute approximate surface area is 173 Å². The molecule has 7 nitrogen and oxygen atoms in total. The fourth-order valence-electron chi connectivity index (χ4n) is 4.60. The number of hydrogen-bond donors (Lipinski definition) is 0. The summed E-state index contributed by atoms with van der Waals surface area (Å²) in [4.78, 5) is 33.7. The number of fused-ring (bicyclic) bond motifs is 1. The lowest BCUT2D eigenvalue weighted by atomic mass is 10.0. The highest BCUT2D eigenvalue weighted by molar-refractivity contribution is 5.96. The zero-order valence-corrected chi connectivity index (χ0v) is 17.4. The molecule has 2 amide bonds. The first kappa shape index (κ1) is 20.2. The van der Waals surface area contributed by atoms with E-state index in [2.05, 4.69) is 9.80 Å². The summed E-state index contributed by atoms with van der Waals surface area (Å²) in [6.45, 7) is 6.93. The highest BCUT2D eigenvalue weighted by Crippen LogP contribution is 2.30. The molecule has 3 heterocycles. The number of benzene rings is 1. The van der Waals surface area contributed by atoms with Gasteiger partial charge in [-0.25, -0.2) is 0 Å². The molecule has 0 atom stereocenters. The minimum absolute atomic E-state index is 0.165. The van der Waals surface area contributed by atoms with E-state index in [1.54, 1.807) is 7.11 Å². The highest BCUT2D eigenvalue weighted by Gasteiger charge is 2.27. The van der Waals surface area contributed by atoms with Gasteiger partial charge in [0, 0.05) is 51.5 Å². The Kier molecular flexibility index (Phi) is 6.35. The number of rotatable bonds is 5. The summed E-state index contributed by atoms with van der Waals surface area (Å²) in [5.74, 6) is 1.27. The molecule has 0 radical (unpaired) electrons. The number of anilines is 1. The molecule has 0 bridgehead atoms. The summed E-state index contributed by atoms with van der Waals surface area (Å²) >= 11 is 0. The van der Waals surface area contributed by atoms with Crippen molar-refractivity contribution in [1.82, 2.24) is 14.7 Å². The van der Waals surface area contributed by atoms with Crippen LogP contribution in [0.2, 0.25) is 0 Å². The van der Waals surface area contributed by atoms with Crippen LogP contribution in [0.1, 0.15) is 24.8 Å². The van der Waals surface area contributed by atoms with Crippen molar-refractivity contribution in [2.24, 2.45) is 0 Å². The molecule has 158 valence electrons. The van der Waals surface area contributed by atoms with Gasteiger partial charge in [0.25, 0.3) is 0 Å². The number of hydrogen-bond acceptors (Lipinski definition) is 5. The minimum Gasteiger partial charge on any atom is -0.497 e. The number of methoxy groups -OCH3 is 1. The summed E-state index contributed by atoms with van der Waals surface area (Å²) in [5, 5.41) is 0. The Hall–Kier alpha value is -2.12. The second-order valence-corrected chi connectivity index (χ2v) is 8.28. The quantitative estimate of drug-likeness (QED) is 0.744. The first-order chi connectivity index (χ1) is 14.1. The van der Waals surface area contributed by atoms with E-state index in [0.717, 1.165) is 82.9 Å². The molecule has 2 fully saturated rings. The van der Waals surface area contributed by atoms with E-state index in [1.165, 1.54) is 5.56 Å². The molecule has 0 spiro atoms. The molecular weight excluding hydrogens is 368 g/mol. The van der Waals surface area contributed by atoms with Crippen molar-refractivity contribution in [2.75, 3.05) is 70.9 Å². The number of ether oxygens (including phenoxy) is 1. The molecular formula is C22H32N4O3. The van der Waals surface area contributed by atoms with Crippen LogP contribution in [0.25, 0.3) is 0 Å². The van der Waals surface area contributed by atoms with Gasteiger partial charge >= 0.3 is 0 Å². The van der Waals surface area contributed by atoms with Crippen molar-refractivity contribution < 1.29 is 14.3 Å². The average molecular weight is 401 g/mol. The SMILES string of the molecule is COc1ccc2c(c1)CCCN2C(=O)CN1CCN(CC(=O)N2CCCC2)CC1. The van der Waals surface area contributed by atoms with E-state index in [-0.39, 0.29) is 11.8 Å². The maximum atomic E-state index is 13.0. The molecule has 0 N–H and O–H groups in total. The predicted molar refractivity (Wildman–Crippen MR) is 112 cm³/mol. The Bertz CT molecular complexity index is 740. The number of aryl methyl sites for hydroxylation is 1. The third-order valence-corrected chi connectivity index (χ3v) is 6.35. The fraction of sp³-hybridized carbons (Fsp3) is 0.636. The molecule has 3 aliphatic rings. The molecule has 0 aromatic heterocycles. The Morgan fingerprint density at radius 1 is 0.862 bits per heavy atom. The maximum Gasteiger partial charge on any atom is 0.241 e. The van der Waals surface area contributed by atoms with Crippen molar-refractivity contribution in [1.29, 1.82) is 0 Å². The standard InChI is InChI=1S/C22H32N4O3/c1-29-19-6-7-20-18(15-19)5-4-10-26(20)22(28)17-24-13-11-23(12-14-24)16-21(27)25-8-2-3-9-25/h6-7,15H,2-5,8-14,16-17H2,1H3. The fourth-order valence-corrected chi connectivity index (χ4v) is 4.60. The second-order valence-electron chi connectivity index (χ2n) is 8.28. The Balaban J connectivity index is 1.28. The normalized spacial score (nSPS) is 20.6. The van der Waals surface area contributed by atoms with Crippen LogP contribution in [0.5, 0.6) is 5.75 Å². The van der Waals surface area contributed by atoms with E-state index in [1.807, 2.05) is 28.0 Å². The summed E-state index contributed by atoms with van der Waals surface area (Å²) < 4.78 is 5.32. The van der Waals surface area contributed by atoms with Gasteiger partial charge in [0.1, 0.15) is 5.75 Å². The first-order valence-corrected chi connectivity index (χ1v) is 10.8. The summed E-state index contributed by atoms with van der Waals surface area (Å²) in [6.07, 6.45) is 4.24. The molecule has 0 unspecified atom stereocenters. The number of carbonyl (C=O) groups excluding carboxylic acids is 2. The Morgan fingerprint density at radius 3 is 2.17 bits per heavy atom. The summed E-state index contributed by atoms with van der Waals surface area (Å²) in [5.41, 5.74) is 2.21. The average Bonchev–Trinajstić information content (AvgIpc) is 3.29. The molecule has 1 aromatic rings. The third-order valence-electron chi connectivity index (χ3n) is 6.35. The van der Waals surface area contributed by atoms with Crippen molar-refractivity contribution >= 4 is 17.5 Å². The smallest absolute Gasteiger partial charge is 0.241 e. The number of carbonyl (C=O) groups is 2. The van der Waals surface area contributed by atoms with E-state index in [0.29, 0.717) is 13.1 Å². The largest absolute Gasteiger partial charge is 0.497 e. The van der Waals surface area contributed by atoms with Crippen LogP contribution >= 0.6 is 0 Å². The molecule has 4 rings (SSSR count). The van der Waals surface area contributed by atoms with Crippen LogP contribution in [0.3, 0.4) is 0 Å². The van der Waals surface area contributed by atoms with Crippen molar-refractivity contribution in [3.63, 3.8) is 0 Å². The van der Waals surface area contributed by atoms with Gasteiger partial charge in [-0.2, -0.15) is 0 Å². The van der Waals surface area contributed by atoms with E-state index in [9.17, 15) is 9.59 Å². The lowest BCUT2D eigenvalue weighted by molar-refractivity contribution is -0.132. The van der Waals surface area contributed by atoms with Gasteiger partial charge in [-0.3, -0.25) is 19.4 Å². The zero-order chi connectivity index (χ0) is 20.2. The van der Waals surface area contributed by atoms with Crippen LogP contribution in [0.4, 0.5) is 5.69 Å². The van der Waals surface area contributed by atoms with Gasteiger partial charge in [0.2, 0.25) is 11.8 Å². The van der Waals surface area contributed by atoms with Crippen LogP contribution < -0.4 is 9.64 Å². The highest BCUT2D eigenvalue weighted by atomic mass is 16.5. The van der Waals surface area contributed by atoms with Gasteiger partial charge in [0.15, 0.2) is 0 Å². The Morgan fingerprint density at radius 2 is 1.52 bits per heavy atom. The monoisotopic (exact) mass is 400 g/mol. The lowest BCUT2D eigenvalue weighted by Gasteiger charge is -2.36. The first-order valence-electron chi connectivity index (χ1n) is 10.8. The molecule has 7 heteroatoms. The van der Waals surface area contributed by atoms with Crippen molar-refractivity contribution in [3.8, 4) is 5.75 Å². The molecule has 29 heavy (non-hydrogen) atoms. The molecule has 2 saturated heterocycles. The lowest BCUT2D eigenvalue weighted by Crippen LogP contribution is -2.52. The van der Waals surface area contributed by atoms with Crippen LogP contribution in [-0.4, -0.2) is 92.5 Å². The number of amides is 2. The van der Waals surface area contributed by atoms with E-state index < -0.39 is 0 Å². The van der Waals surface area contributed by atoms with Gasteiger partial charge in [-0.05, 0) is 49.4 Å². The number of likely N-dealkylation sites (tertiary alicyclic amines) is 1. The van der Waals surface area contributed by atoms with Crippen molar-refractivity contribution in [2.45, 2.75) is 25.7 Å². The maximum absolute atomic E-state index is 13.0. The van der Waals surface area contributed by atoms with E-state index >= 15 is 0 Å². The number of piperazine rings is 1. The van der Waals surface area contributed by atoms with Crippen LogP contribution in [-0.2, 0) is 16.0 Å².